The molecule has 0 unspecified atom stereocenters. The lowest BCUT2D eigenvalue weighted by Gasteiger charge is -2.11. The van der Waals surface area contributed by atoms with Gasteiger partial charge in [-0.05, 0) is 150 Å². The Balaban J connectivity index is 0.000000116. The average Bonchev–Trinajstić information content (AvgIpc) is 1.65. The van der Waals surface area contributed by atoms with Crippen molar-refractivity contribution < 1.29 is 19.2 Å². The lowest BCUT2D eigenvalue weighted by atomic mass is 10.1. The third-order valence-electron chi connectivity index (χ3n) is 17.3. The molecule has 0 fully saturated rings. The lowest BCUT2D eigenvalue weighted by Crippen LogP contribution is -2.19. The summed E-state index contributed by atoms with van der Waals surface area (Å²) in [6.45, 7) is 0.598. The maximum Gasteiger partial charge on any atom is 0.244 e. The monoisotopic (exact) mass is 1570 g/mol. The van der Waals surface area contributed by atoms with E-state index in [0.717, 1.165) is 103 Å². The fourth-order valence-corrected chi connectivity index (χ4v) is 14.3. The van der Waals surface area contributed by atoms with E-state index in [4.69, 9.17) is 28.2 Å². The van der Waals surface area contributed by atoms with E-state index >= 15 is 0 Å². The second kappa shape index (κ2) is 32.9. The molecule has 26 heteroatoms. The van der Waals surface area contributed by atoms with Crippen molar-refractivity contribution in [2.75, 3.05) is 21.3 Å². The number of amides is 4. The molecule has 0 aliphatic carbocycles. The minimum absolute atomic E-state index is 0.101. The predicted molar refractivity (Wildman–Crippen MR) is 440 cm³/mol. The van der Waals surface area contributed by atoms with Crippen LogP contribution in [0.3, 0.4) is 0 Å². The second-order valence-electron chi connectivity index (χ2n) is 24.8. The van der Waals surface area contributed by atoms with E-state index in [-0.39, 0.29) is 49.8 Å². The number of para-hydroxylation sites is 6. The standard InChI is InChI=1S/C24H18N4O.C22H16N4OS.C19H16ClN5O.C18H12BrClN4OS/c29-23(26-19-13-7-9-17-8-1-2-10-18(17)19)16-28-22-14-4-3-11-20(22)27-24(28)21-12-5-6-15-25-21;27-20(24-17-10-9-15-5-1-2-6-16(15)13-17)14-26-19-8-4-3-7-18(19)25-21(26)22-23-11-12-28-22;1-24-11-13(10-21-24)19-23-16-4-2-3-5-17(16)25(19)12-18(26)22-15-8-6-14(20)7-9-15;19-11-1-6-15-14(9-11)23-17(18-21-7-8-26-18)24(15)10-16(25)22-13-4-2-12(20)3-5-13/h1-15H,16H2,(H,26,29);1-13H,14H2,(H,24,27);2-11H,12H2,1H3,(H,22,26);1-9H,10H2,(H,22,25). The van der Waals surface area contributed by atoms with Crippen molar-refractivity contribution in [1.82, 2.24) is 62.9 Å². The van der Waals surface area contributed by atoms with Crippen LogP contribution in [-0.2, 0) is 52.4 Å². The number of pyridine rings is 1. The number of hydrogen-bond donors (Lipinski definition) is 4. The molecule has 109 heavy (non-hydrogen) atoms. The number of aryl methyl sites for hydroxylation is 1. The summed E-state index contributed by atoms with van der Waals surface area (Å²) in [4.78, 5) is 82.8. The van der Waals surface area contributed by atoms with Crippen molar-refractivity contribution in [2.24, 2.45) is 7.05 Å². The zero-order valence-electron chi connectivity index (χ0n) is 57.9. The number of carbonyl (C=O) groups is 4. The van der Waals surface area contributed by atoms with Gasteiger partial charge in [-0.1, -0.05) is 148 Å². The summed E-state index contributed by atoms with van der Waals surface area (Å²) < 4.78 is 10.3. The first kappa shape index (κ1) is 71.8. The molecule has 0 aliphatic rings. The van der Waals surface area contributed by atoms with Crippen LogP contribution in [0.25, 0.3) is 110 Å². The van der Waals surface area contributed by atoms with Gasteiger partial charge in [0.2, 0.25) is 23.6 Å². The highest BCUT2D eigenvalue weighted by molar-refractivity contribution is 9.10. The normalized spacial score (nSPS) is 11.0. The number of rotatable bonds is 16. The molecule has 8 aromatic heterocycles. The van der Waals surface area contributed by atoms with E-state index < -0.39 is 0 Å². The molecule has 0 aliphatic heterocycles. The van der Waals surface area contributed by atoms with Gasteiger partial charge in [-0.2, -0.15) is 5.10 Å². The van der Waals surface area contributed by atoms with Gasteiger partial charge in [0.15, 0.2) is 27.5 Å². The van der Waals surface area contributed by atoms with Gasteiger partial charge in [0.1, 0.15) is 37.7 Å². The molecule has 10 aromatic carbocycles. The Hall–Kier alpha value is -12.8. The molecule has 0 radical (unpaired) electrons. The number of halogens is 3. The van der Waals surface area contributed by atoms with E-state index in [0.29, 0.717) is 44.7 Å². The van der Waals surface area contributed by atoms with Crippen LogP contribution in [0, 0.1) is 0 Å². The molecule has 4 N–H and O–H groups in total. The lowest BCUT2D eigenvalue weighted by molar-refractivity contribution is -0.117. The fourth-order valence-electron chi connectivity index (χ4n) is 12.4. The summed E-state index contributed by atoms with van der Waals surface area (Å²) in [5, 5.41) is 27.0. The van der Waals surface area contributed by atoms with Crippen LogP contribution in [0.5, 0.6) is 0 Å². The van der Waals surface area contributed by atoms with Crippen LogP contribution >= 0.6 is 61.8 Å². The number of fused-ring (bicyclic) bond motifs is 6. The van der Waals surface area contributed by atoms with Gasteiger partial charge in [0.05, 0.1) is 55.9 Å². The Bertz CT molecular complexity index is 6300. The third-order valence-corrected chi connectivity index (χ3v) is 19.9. The molecule has 536 valence electrons. The Morgan fingerprint density at radius 1 is 0.404 bits per heavy atom. The average molecular weight is 1580 g/mol. The van der Waals surface area contributed by atoms with E-state index in [1.54, 1.807) is 78.0 Å². The molecule has 18 aromatic rings. The van der Waals surface area contributed by atoms with Gasteiger partial charge in [0.25, 0.3) is 0 Å². The highest BCUT2D eigenvalue weighted by Crippen LogP contribution is 2.32. The minimum Gasteiger partial charge on any atom is -0.325 e. The van der Waals surface area contributed by atoms with Gasteiger partial charge >= 0.3 is 0 Å². The van der Waals surface area contributed by atoms with E-state index in [1.165, 1.54) is 22.7 Å². The second-order valence-corrected chi connectivity index (χ2v) is 28.4. The summed E-state index contributed by atoms with van der Waals surface area (Å²) >= 11 is 18.2. The van der Waals surface area contributed by atoms with Crippen molar-refractivity contribution in [2.45, 2.75) is 26.2 Å². The summed E-state index contributed by atoms with van der Waals surface area (Å²) in [7, 11) is 1.85. The van der Waals surface area contributed by atoms with Crippen LogP contribution in [0.2, 0.25) is 10.0 Å². The van der Waals surface area contributed by atoms with Crippen molar-refractivity contribution in [3.63, 3.8) is 0 Å². The number of nitrogens with one attached hydrogen (secondary N) is 4. The van der Waals surface area contributed by atoms with Crippen LogP contribution in [-0.4, -0.2) is 86.6 Å². The highest BCUT2D eigenvalue weighted by atomic mass is 79.9. The molecule has 0 atom stereocenters. The predicted octanol–water partition coefficient (Wildman–Crippen LogP) is 18.8. The van der Waals surface area contributed by atoms with Crippen molar-refractivity contribution >= 4 is 174 Å². The van der Waals surface area contributed by atoms with E-state index in [2.05, 4.69) is 78.3 Å². The Morgan fingerprint density at radius 3 is 1.41 bits per heavy atom. The van der Waals surface area contributed by atoms with E-state index in [9.17, 15) is 19.2 Å². The third kappa shape index (κ3) is 16.9. The van der Waals surface area contributed by atoms with Gasteiger partial charge in [0, 0.05) is 85.2 Å². The summed E-state index contributed by atoms with van der Waals surface area (Å²) in [6.07, 6.45) is 8.84. The maximum absolute atomic E-state index is 13.0. The largest absolute Gasteiger partial charge is 0.325 e. The van der Waals surface area contributed by atoms with Crippen LogP contribution in [0.1, 0.15) is 0 Å². The van der Waals surface area contributed by atoms with Crippen molar-refractivity contribution in [1.29, 1.82) is 0 Å². The Labute approximate surface area is 649 Å². The molecule has 21 nitrogen and oxygen atoms in total. The molecule has 18 rings (SSSR count). The van der Waals surface area contributed by atoms with Crippen LogP contribution in [0.15, 0.2) is 289 Å². The van der Waals surface area contributed by atoms with Gasteiger partial charge in [-0.25, -0.2) is 29.9 Å². The first-order valence-electron chi connectivity index (χ1n) is 34.2. The zero-order valence-corrected chi connectivity index (χ0v) is 62.6. The Kier molecular flexibility index (Phi) is 21.7. The first-order valence-corrected chi connectivity index (χ1v) is 37.5. The molecular weight excluding hydrogens is 1510 g/mol. The number of carbonyl (C=O) groups excluding carboxylic acids is 4. The quantitative estimate of drug-likeness (QED) is 0.0706. The molecule has 0 bridgehead atoms. The summed E-state index contributed by atoms with van der Waals surface area (Å²) in [5.74, 6) is 2.29. The van der Waals surface area contributed by atoms with Crippen molar-refractivity contribution in [3.8, 4) is 44.6 Å². The van der Waals surface area contributed by atoms with E-state index in [1.807, 2.05) is 230 Å². The highest BCUT2D eigenvalue weighted by Gasteiger charge is 2.22. The maximum atomic E-state index is 13.0. The molecule has 0 saturated heterocycles. The van der Waals surface area contributed by atoms with Crippen molar-refractivity contribution in [3.05, 3.63) is 299 Å². The van der Waals surface area contributed by atoms with Crippen LogP contribution in [0.4, 0.5) is 22.7 Å². The molecule has 8 heterocycles. The zero-order chi connectivity index (χ0) is 74.7. The summed E-state index contributed by atoms with van der Waals surface area (Å²) in [5.41, 5.74) is 11.5. The SMILES string of the molecule is Cn1cc(-c2nc3ccccc3n2CC(=O)Nc2ccc(Cl)cc2)cn1.O=C(Cn1c(-c2ccccn2)nc2ccccc21)Nc1cccc2ccccc12.O=C(Cn1c(-c2nccs2)nc2cc(Br)ccc21)Nc1ccc(Cl)cc1.O=C(Cn1c(-c2nccs2)nc2ccccc21)Nc1ccc2ccccc2c1. The number of anilines is 4. The number of nitrogens with zero attached hydrogens (tertiary/aromatic N) is 13. The van der Waals surface area contributed by atoms with Gasteiger partial charge < -0.3 is 39.5 Å². The number of thiazole rings is 2. The molecule has 0 saturated carbocycles. The first-order chi connectivity index (χ1) is 53.3. The number of imidazole rings is 4. The van der Waals surface area contributed by atoms with Gasteiger partial charge in [-0.3, -0.25) is 28.8 Å². The summed E-state index contributed by atoms with van der Waals surface area (Å²) in [6, 6.07) is 76.8. The topological polar surface area (TPSA) is 244 Å². The molecule has 4 amide bonds. The smallest absolute Gasteiger partial charge is 0.244 e. The molecule has 0 spiro atoms. The van der Waals surface area contributed by atoms with Gasteiger partial charge in [-0.15, -0.1) is 22.7 Å². The minimum atomic E-state index is -0.146. The number of aromatic nitrogens is 13. The van der Waals surface area contributed by atoms with Crippen LogP contribution < -0.4 is 21.3 Å². The number of hydrogen-bond acceptors (Lipinski definition) is 14. The number of benzene rings is 10. The fraction of sp³-hybridized carbons (Fsp3) is 0.0602. The molecular formula is C83H62BrCl2N17O4S2. The Morgan fingerprint density at radius 2 is 0.862 bits per heavy atom.